The molecule has 2 aromatic carbocycles. The largest absolute Gasteiger partial charge is 0.491 e. The summed E-state index contributed by atoms with van der Waals surface area (Å²) in [6.45, 7) is 6.27. The summed E-state index contributed by atoms with van der Waals surface area (Å²) < 4.78 is 11.8. The number of benzene rings is 2. The molecule has 4 rings (SSSR count). The molecule has 2 bridgehead atoms. The third kappa shape index (κ3) is 3.88. The molecule has 2 fully saturated rings. The number of para-hydroxylation sites is 1. The van der Waals surface area contributed by atoms with Gasteiger partial charge in [-0.1, -0.05) is 48.5 Å². The highest BCUT2D eigenvalue weighted by atomic mass is 16.5. The van der Waals surface area contributed by atoms with Gasteiger partial charge in [-0.2, -0.15) is 0 Å². The first-order valence-electron chi connectivity index (χ1n) is 9.91. The molecule has 2 heterocycles. The van der Waals surface area contributed by atoms with E-state index in [1.807, 2.05) is 44.2 Å². The average Bonchev–Trinajstić information content (AvgIpc) is 2.63. The van der Waals surface area contributed by atoms with E-state index in [1.54, 1.807) is 0 Å². The van der Waals surface area contributed by atoms with Crippen molar-refractivity contribution in [1.29, 1.82) is 0 Å². The molecule has 0 aliphatic carbocycles. The maximum atomic E-state index is 11.7. The van der Waals surface area contributed by atoms with Gasteiger partial charge in [-0.15, -0.1) is 0 Å². The zero-order valence-electron chi connectivity index (χ0n) is 16.2. The van der Waals surface area contributed by atoms with Gasteiger partial charge in [0, 0.05) is 24.2 Å². The summed E-state index contributed by atoms with van der Waals surface area (Å²) in [5.74, 6) is 0.797. The Morgan fingerprint density at radius 2 is 1.67 bits per heavy atom. The first kappa shape index (κ1) is 18.5. The molecule has 0 radical (unpaired) electrons. The lowest BCUT2D eigenvalue weighted by molar-refractivity contribution is -0.150. The second-order valence-corrected chi connectivity index (χ2v) is 8.11. The summed E-state index contributed by atoms with van der Waals surface area (Å²) in [6.07, 6.45) is 1.40. The Labute approximate surface area is 161 Å². The van der Waals surface area contributed by atoms with Gasteiger partial charge in [0.15, 0.2) is 0 Å². The zero-order valence-corrected chi connectivity index (χ0v) is 16.2. The topological polar surface area (TPSA) is 41.9 Å². The number of rotatable bonds is 5. The van der Waals surface area contributed by atoms with Crippen LogP contribution in [-0.4, -0.2) is 41.4 Å². The molecule has 4 nitrogen and oxygen atoms in total. The molecule has 2 saturated heterocycles. The predicted octanol–water partition coefficient (Wildman–Crippen LogP) is 3.72. The van der Waals surface area contributed by atoms with Crippen LogP contribution >= 0.6 is 0 Å². The second kappa shape index (κ2) is 7.63. The van der Waals surface area contributed by atoms with E-state index in [0.29, 0.717) is 26.1 Å². The lowest BCUT2D eigenvalue weighted by atomic mass is 9.76. The zero-order chi connectivity index (χ0) is 18.9. The molecule has 2 aromatic rings. The molecule has 2 unspecified atom stereocenters. The normalized spacial score (nSPS) is 28.3. The maximum absolute atomic E-state index is 11.7. The SMILES string of the molecule is CC(C)Oc1ccccc1C1(O)CC2COCC(C1)N2Cc1ccccc1. The fraction of sp³-hybridized carbons (Fsp3) is 0.478. The van der Waals surface area contributed by atoms with E-state index in [4.69, 9.17) is 9.47 Å². The van der Waals surface area contributed by atoms with Crippen LogP contribution in [0.5, 0.6) is 5.75 Å². The first-order chi connectivity index (χ1) is 13.0. The van der Waals surface area contributed by atoms with Crippen molar-refractivity contribution in [1.82, 2.24) is 4.90 Å². The third-order valence-corrected chi connectivity index (χ3v) is 5.66. The molecular weight excluding hydrogens is 338 g/mol. The van der Waals surface area contributed by atoms with E-state index in [2.05, 4.69) is 29.2 Å². The molecule has 27 heavy (non-hydrogen) atoms. The number of nitrogens with zero attached hydrogens (tertiary/aromatic N) is 1. The summed E-state index contributed by atoms with van der Waals surface area (Å²) in [5, 5.41) is 11.7. The monoisotopic (exact) mass is 367 g/mol. The minimum atomic E-state index is -0.877. The molecule has 0 amide bonds. The van der Waals surface area contributed by atoms with Crippen molar-refractivity contribution < 1.29 is 14.6 Å². The number of hydrogen-bond donors (Lipinski definition) is 1. The molecule has 2 aliphatic rings. The van der Waals surface area contributed by atoms with Crippen LogP contribution in [0, 0.1) is 0 Å². The Kier molecular flexibility index (Phi) is 5.22. The smallest absolute Gasteiger partial charge is 0.125 e. The van der Waals surface area contributed by atoms with Crippen molar-refractivity contribution in [2.24, 2.45) is 0 Å². The van der Waals surface area contributed by atoms with Crippen molar-refractivity contribution in [3.63, 3.8) is 0 Å². The van der Waals surface area contributed by atoms with Crippen LogP contribution in [0.15, 0.2) is 54.6 Å². The van der Waals surface area contributed by atoms with Crippen molar-refractivity contribution in [2.75, 3.05) is 13.2 Å². The molecule has 144 valence electrons. The quantitative estimate of drug-likeness (QED) is 0.874. The third-order valence-electron chi connectivity index (χ3n) is 5.66. The van der Waals surface area contributed by atoms with Crippen LogP contribution in [0.4, 0.5) is 0 Å². The van der Waals surface area contributed by atoms with Crippen molar-refractivity contribution in [3.8, 4) is 5.75 Å². The minimum absolute atomic E-state index is 0.0794. The molecule has 4 heteroatoms. The summed E-state index contributed by atoms with van der Waals surface area (Å²) in [6, 6.07) is 18.9. The van der Waals surface area contributed by atoms with Crippen LogP contribution in [0.1, 0.15) is 37.8 Å². The van der Waals surface area contributed by atoms with Gasteiger partial charge in [0.25, 0.3) is 0 Å². The number of fused-ring (bicyclic) bond motifs is 2. The van der Waals surface area contributed by atoms with Crippen molar-refractivity contribution in [3.05, 3.63) is 65.7 Å². The van der Waals surface area contributed by atoms with Gasteiger partial charge >= 0.3 is 0 Å². The molecule has 0 aromatic heterocycles. The van der Waals surface area contributed by atoms with Gasteiger partial charge in [0.1, 0.15) is 5.75 Å². The lowest BCUT2D eigenvalue weighted by Crippen LogP contribution is -2.60. The van der Waals surface area contributed by atoms with E-state index in [-0.39, 0.29) is 18.2 Å². The number of piperidine rings is 1. The molecule has 0 spiro atoms. The summed E-state index contributed by atoms with van der Waals surface area (Å²) in [4.78, 5) is 2.51. The molecule has 0 saturated carbocycles. The highest BCUT2D eigenvalue weighted by Gasteiger charge is 2.47. The van der Waals surface area contributed by atoms with Gasteiger partial charge in [-0.05, 0) is 38.3 Å². The number of ether oxygens (including phenoxy) is 2. The maximum Gasteiger partial charge on any atom is 0.125 e. The number of morpholine rings is 1. The standard InChI is InChI=1S/C23H29NO3/c1-17(2)27-22-11-7-6-10-21(22)23(25)12-19-15-26-16-20(13-23)24(19)14-18-8-4-3-5-9-18/h3-11,17,19-20,25H,12-16H2,1-2H3. The highest BCUT2D eigenvalue weighted by Crippen LogP contribution is 2.44. The van der Waals surface area contributed by atoms with Crippen LogP contribution in [0.3, 0.4) is 0 Å². The van der Waals surface area contributed by atoms with E-state index in [0.717, 1.165) is 17.9 Å². The highest BCUT2D eigenvalue weighted by molar-refractivity contribution is 5.39. The fourth-order valence-electron chi connectivity index (χ4n) is 4.53. The molecule has 2 aliphatic heterocycles. The Morgan fingerprint density at radius 3 is 2.33 bits per heavy atom. The second-order valence-electron chi connectivity index (χ2n) is 8.11. The Hall–Kier alpha value is -1.88. The van der Waals surface area contributed by atoms with Gasteiger partial charge in [-0.25, -0.2) is 0 Å². The van der Waals surface area contributed by atoms with E-state index < -0.39 is 5.60 Å². The van der Waals surface area contributed by atoms with Crippen molar-refractivity contribution >= 4 is 0 Å². The van der Waals surface area contributed by atoms with Crippen LogP contribution < -0.4 is 4.74 Å². The number of hydrogen-bond acceptors (Lipinski definition) is 4. The van der Waals surface area contributed by atoms with Gasteiger partial charge < -0.3 is 14.6 Å². The minimum Gasteiger partial charge on any atom is -0.491 e. The van der Waals surface area contributed by atoms with E-state index in [9.17, 15) is 5.11 Å². The van der Waals surface area contributed by atoms with E-state index >= 15 is 0 Å². The Bertz CT molecular complexity index is 747. The summed E-state index contributed by atoms with van der Waals surface area (Å²) in [5.41, 5.74) is 1.34. The van der Waals surface area contributed by atoms with E-state index in [1.165, 1.54) is 5.56 Å². The number of aliphatic hydroxyl groups is 1. The van der Waals surface area contributed by atoms with Crippen molar-refractivity contribution in [2.45, 2.75) is 57.0 Å². The average molecular weight is 367 g/mol. The van der Waals surface area contributed by atoms with Gasteiger partial charge in [0.05, 0.1) is 24.9 Å². The molecule has 1 N–H and O–H groups in total. The Balaban J connectivity index is 1.59. The van der Waals surface area contributed by atoms with Crippen LogP contribution in [-0.2, 0) is 16.9 Å². The predicted molar refractivity (Wildman–Crippen MR) is 106 cm³/mol. The lowest BCUT2D eigenvalue weighted by Gasteiger charge is -2.52. The molecule has 2 atom stereocenters. The summed E-state index contributed by atoms with van der Waals surface area (Å²) >= 11 is 0. The van der Waals surface area contributed by atoms with Gasteiger partial charge in [-0.3, -0.25) is 4.90 Å². The first-order valence-corrected chi connectivity index (χ1v) is 9.91. The van der Waals surface area contributed by atoms with Gasteiger partial charge in [0.2, 0.25) is 0 Å². The Morgan fingerprint density at radius 1 is 1.04 bits per heavy atom. The fourth-order valence-corrected chi connectivity index (χ4v) is 4.53. The molecular formula is C23H29NO3. The summed E-state index contributed by atoms with van der Waals surface area (Å²) in [7, 11) is 0. The van der Waals surface area contributed by atoms with Crippen LogP contribution in [0.2, 0.25) is 0 Å². The van der Waals surface area contributed by atoms with Crippen LogP contribution in [0.25, 0.3) is 0 Å².